The van der Waals surface area contributed by atoms with Gasteiger partial charge in [0.15, 0.2) is 0 Å². The van der Waals surface area contributed by atoms with E-state index < -0.39 is 71.2 Å². The third-order valence-corrected chi connectivity index (χ3v) is 10.1. The molecule has 56 heavy (non-hydrogen) atoms. The van der Waals surface area contributed by atoms with E-state index in [0.29, 0.717) is 0 Å². The fourth-order valence-corrected chi connectivity index (χ4v) is 7.25. The van der Waals surface area contributed by atoms with Gasteiger partial charge in [-0.15, -0.1) is 0 Å². The fourth-order valence-electron chi connectivity index (χ4n) is 7.25. The lowest BCUT2D eigenvalue weighted by molar-refractivity contribution is -0.149. The molecule has 298 valence electrons. The number of hydrogen-bond acceptors (Lipinski definition) is 8. The molecule has 0 spiro atoms. The number of amides is 5. The Morgan fingerprint density at radius 3 is 2.30 bits per heavy atom. The predicted molar refractivity (Wildman–Crippen MR) is 196 cm³/mol. The van der Waals surface area contributed by atoms with E-state index in [1.165, 1.54) is 27.8 Å². The zero-order valence-electron chi connectivity index (χ0n) is 31.6. The summed E-state index contributed by atoms with van der Waals surface area (Å²) >= 11 is 0. The van der Waals surface area contributed by atoms with Crippen LogP contribution >= 0.6 is 0 Å². The lowest BCUT2D eigenvalue weighted by Crippen LogP contribution is -2.58. The standard InChI is InChI=1S/C40H45F3N6O7/c1-24(50)38(54)49(21-26-18-47(22-31(26)43)39(55)56-40(2,3)4)36(27-19-45(20-27)33(51)14-15-48-34(52)12-13-35(48)53)37-44-32(29-16-28(41)10-11-30(29)42)23-46(37)17-25-8-6-5-7-9-25/h5-13,16,23-24,26-27,31,36,50H,14-15,17-22H2,1-4H3. The SMILES string of the molecule is CC(O)C(=O)N(CC1CN(C(=O)OC(C)(C)C)CC1F)C(c1nc(-c2cc(F)ccc2F)cn1Cc1ccccc1)C1CN(C(=O)CCN2C(=O)C=CC2=O)C1. The average Bonchev–Trinajstić information content (AvgIpc) is 3.80. The van der Waals surface area contributed by atoms with Crippen molar-refractivity contribution in [2.75, 3.05) is 39.3 Å². The van der Waals surface area contributed by atoms with Crippen LogP contribution < -0.4 is 0 Å². The molecule has 4 atom stereocenters. The Morgan fingerprint density at radius 2 is 1.66 bits per heavy atom. The van der Waals surface area contributed by atoms with Gasteiger partial charge >= 0.3 is 6.09 Å². The van der Waals surface area contributed by atoms with Crippen molar-refractivity contribution in [3.05, 3.63) is 89.9 Å². The normalized spacial score (nSPS) is 19.7. The fraction of sp³-hybridized carbons (Fsp3) is 0.450. The van der Waals surface area contributed by atoms with Gasteiger partial charge in [-0.25, -0.2) is 22.9 Å². The highest BCUT2D eigenvalue weighted by atomic mass is 19.1. The summed E-state index contributed by atoms with van der Waals surface area (Å²) in [6, 6.07) is 11.1. The Balaban J connectivity index is 1.37. The number of ether oxygens (including phenoxy) is 1. The Bertz CT molecular complexity index is 1990. The highest BCUT2D eigenvalue weighted by Crippen LogP contribution is 2.39. The van der Waals surface area contributed by atoms with Gasteiger partial charge in [-0.2, -0.15) is 0 Å². The Kier molecular flexibility index (Phi) is 11.7. The number of aliphatic hydroxyl groups excluding tert-OH is 1. The maximum Gasteiger partial charge on any atom is 0.410 e. The molecule has 2 saturated heterocycles. The number of imide groups is 1. The summed E-state index contributed by atoms with van der Waals surface area (Å²) in [5.41, 5.74) is -0.102. The van der Waals surface area contributed by atoms with Crippen molar-refractivity contribution in [3.63, 3.8) is 0 Å². The van der Waals surface area contributed by atoms with Gasteiger partial charge in [0, 0.05) is 81.4 Å². The maximum atomic E-state index is 15.9. The summed E-state index contributed by atoms with van der Waals surface area (Å²) in [7, 11) is 0. The minimum absolute atomic E-state index is 0.0588. The molecule has 3 aliphatic rings. The molecule has 1 aromatic heterocycles. The van der Waals surface area contributed by atoms with E-state index in [0.717, 1.165) is 40.8 Å². The van der Waals surface area contributed by atoms with Crippen LogP contribution in [0.4, 0.5) is 18.0 Å². The molecule has 4 heterocycles. The Labute approximate surface area is 322 Å². The molecule has 0 bridgehead atoms. The number of hydrogen-bond donors (Lipinski definition) is 1. The molecule has 6 rings (SSSR count). The van der Waals surface area contributed by atoms with Gasteiger partial charge in [-0.05, 0) is 51.5 Å². The Hall–Kier alpha value is -5.51. The van der Waals surface area contributed by atoms with Crippen LogP contribution in [0.15, 0.2) is 66.9 Å². The van der Waals surface area contributed by atoms with Crippen LogP contribution in [0.25, 0.3) is 11.3 Å². The maximum absolute atomic E-state index is 15.9. The van der Waals surface area contributed by atoms with Crippen molar-refractivity contribution in [2.24, 2.45) is 11.8 Å². The topological polar surface area (TPSA) is 146 Å². The summed E-state index contributed by atoms with van der Waals surface area (Å²) in [6.45, 7) is 5.89. The van der Waals surface area contributed by atoms with Crippen LogP contribution in [0.5, 0.6) is 0 Å². The number of alkyl halides is 1. The van der Waals surface area contributed by atoms with E-state index in [9.17, 15) is 33.5 Å². The Morgan fingerprint density at radius 1 is 0.982 bits per heavy atom. The third-order valence-electron chi connectivity index (χ3n) is 10.1. The summed E-state index contributed by atoms with van der Waals surface area (Å²) < 4.78 is 52.8. The van der Waals surface area contributed by atoms with Crippen LogP contribution in [-0.2, 0) is 30.5 Å². The summed E-state index contributed by atoms with van der Waals surface area (Å²) in [5, 5.41) is 10.8. The van der Waals surface area contributed by atoms with Crippen LogP contribution in [0.3, 0.4) is 0 Å². The number of imidazole rings is 1. The van der Waals surface area contributed by atoms with Crippen molar-refractivity contribution in [2.45, 2.75) is 64.6 Å². The van der Waals surface area contributed by atoms with Crippen molar-refractivity contribution in [1.82, 2.24) is 29.2 Å². The predicted octanol–water partition coefficient (Wildman–Crippen LogP) is 4.11. The number of nitrogens with zero attached hydrogens (tertiary/aromatic N) is 6. The second-order valence-corrected chi connectivity index (χ2v) is 15.5. The quantitative estimate of drug-likeness (QED) is 0.271. The van der Waals surface area contributed by atoms with Crippen molar-refractivity contribution in [3.8, 4) is 11.3 Å². The van der Waals surface area contributed by atoms with E-state index in [4.69, 9.17) is 9.72 Å². The van der Waals surface area contributed by atoms with Gasteiger partial charge in [-0.3, -0.25) is 24.1 Å². The molecule has 16 heteroatoms. The zero-order valence-corrected chi connectivity index (χ0v) is 31.6. The largest absolute Gasteiger partial charge is 0.444 e. The van der Waals surface area contributed by atoms with E-state index in [1.54, 1.807) is 25.3 Å². The van der Waals surface area contributed by atoms with Gasteiger partial charge in [0.1, 0.15) is 35.3 Å². The van der Waals surface area contributed by atoms with Crippen LogP contribution in [0.2, 0.25) is 0 Å². The smallest absolute Gasteiger partial charge is 0.410 e. The van der Waals surface area contributed by atoms with Crippen LogP contribution in [0.1, 0.15) is 51.5 Å². The first-order valence-corrected chi connectivity index (χ1v) is 18.5. The van der Waals surface area contributed by atoms with Gasteiger partial charge < -0.3 is 29.1 Å². The average molecular weight is 779 g/mol. The van der Waals surface area contributed by atoms with E-state index in [-0.39, 0.29) is 75.2 Å². The molecule has 1 N–H and O–H groups in total. The van der Waals surface area contributed by atoms with Crippen molar-refractivity contribution >= 4 is 29.7 Å². The number of benzene rings is 2. The van der Waals surface area contributed by atoms with Gasteiger partial charge in [0.2, 0.25) is 5.91 Å². The summed E-state index contributed by atoms with van der Waals surface area (Å²) in [4.78, 5) is 74.3. The number of carbonyl (C=O) groups excluding carboxylic acids is 5. The monoisotopic (exact) mass is 778 g/mol. The van der Waals surface area contributed by atoms with Gasteiger partial charge in [0.25, 0.3) is 17.7 Å². The second-order valence-electron chi connectivity index (χ2n) is 15.5. The first kappa shape index (κ1) is 40.2. The molecule has 2 aromatic carbocycles. The number of rotatable bonds is 12. The first-order valence-electron chi connectivity index (χ1n) is 18.5. The van der Waals surface area contributed by atoms with Crippen molar-refractivity contribution in [1.29, 1.82) is 0 Å². The summed E-state index contributed by atoms with van der Waals surface area (Å²) in [5.74, 6) is -4.85. The zero-order chi connectivity index (χ0) is 40.5. The van der Waals surface area contributed by atoms with E-state index in [2.05, 4.69) is 0 Å². The molecule has 0 aliphatic carbocycles. The lowest BCUT2D eigenvalue weighted by atomic mass is 9.87. The molecule has 4 unspecified atom stereocenters. The van der Waals surface area contributed by atoms with Crippen LogP contribution in [-0.4, -0.2) is 121 Å². The van der Waals surface area contributed by atoms with Gasteiger partial charge in [0.05, 0.1) is 18.3 Å². The highest BCUT2D eigenvalue weighted by molar-refractivity contribution is 6.13. The van der Waals surface area contributed by atoms with Crippen molar-refractivity contribution < 1.29 is 47.0 Å². The van der Waals surface area contributed by atoms with Gasteiger partial charge in [-0.1, -0.05) is 30.3 Å². The second kappa shape index (κ2) is 16.3. The summed E-state index contributed by atoms with van der Waals surface area (Å²) in [6.07, 6.45) is -0.192. The number of aromatic nitrogens is 2. The molecule has 0 saturated carbocycles. The van der Waals surface area contributed by atoms with E-state index >= 15 is 8.78 Å². The first-order chi connectivity index (χ1) is 26.5. The molecule has 3 aromatic rings. The third kappa shape index (κ3) is 8.96. The molecule has 5 amide bonds. The molecule has 2 fully saturated rings. The molecule has 13 nitrogen and oxygen atoms in total. The molecular weight excluding hydrogens is 733 g/mol. The molecule has 3 aliphatic heterocycles. The number of likely N-dealkylation sites (tertiary alicyclic amines) is 2. The van der Waals surface area contributed by atoms with Crippen LogP contribution in [0, 0.1) is 23.5 Å². The number of aliphatic hydroxyl groups is 1. The minimum atomic E-state index is -1.57. The molecule has 0 radical (unpaired) electrons. The molecular formula is C40H45F3N6O7. The minimum Gasteiger partial charge on any atom is -0.444 e. The highest BCUT2D eigenvalue weighted by Gasteiger charge is 2.47. The lowest BCUT2D eigenvalue weighted by Gasteiger charge is -2.47. The van der Waals surface area contributed by atoms with E-state index in [1.807, 2.05) is 30.3 Å². The number of carbonyl (C=O) groups is 5. The number of halogens is 3.